The van der Waals surface area contributed by atoms with Crippen LogP contribution in [0, 0.1) is 0 Å². The van der Waals surface area contributed by atoms with Crippen LogP contribution < -0.4 is 10.6 Å². The number of rotatable bonds is 5. The average molecular weight is 429 g/mol. The lowest BCUT2D eigenvalue weighted by Crippen LogP contribution is -2.36. The van der Waals surface area contributed by atoms with Crippen molar-refractivity contribution in [3.63, 3.8) is 0 Å². The van der Waals surface area contributed by atoms with Gasteiger partial charge in [-0.15, -0.1) is 0 Å². The summed E-state index contributed by atoms with van der Waals surface area (Å²) in [6, 6.07) is 12.1. The second-order valence-corrected chi connectivity index (χ2v) is 7.57. The maximum absolute atomic E-state index is 13.0. The van der Waals surface area contributed by atoms with Gasteiger partial charge in [0.15, 0.2) is 0 Å². The number of para-hydroxylation sites is 1. The Morgan fingerprint density at radius 1 is 1.19 bits per heavy atom. The van der Waals surface area contributed by atoms with Gasteiger partial charge in [-0.1, -0.05) is 18.2 Å². The van der Waals surface area contributed by atoms with E-state index in [1.807, 2.05) is 6.92 Å². The Morgan fingerprint density at radius 2 is 2.00 bits per heavy atom. The number of anilines is 2. The number of hydrogen-bond donors (Lipinski definition) is 2. The van der Waals surface area contributed by atoms with Gasteiger partial charge in [0.05, 0.1) is 22.3 Å². The molecular formula is C23H22F3N3O2. The van der Waals surface area contributed by atoms with Crippen molar-refractivity contribution in [1.29, 1.82) is 0 Å². The van der Waals surface area contributed by atoms with E-state index in [1.54, 1.807) is 30.3 Å². The minimum atomic E-state index is -4.44. The van der Waals surface area contributed by atoms with Crippen LogP contribution in [-0.2, 0) is 10.9 Å². The van der Waals surface area contributed by atoms with E-state index in [1.165, 1.54) is 12.3 Å². The van der Waals surface area contributed by atoms with Crippen molar-refractivity contribution >= 4 is 28.2 Å². The Bertz CT molecular complexity index is 1090. The number of fused-ring (bicyclic) bond motifs is 1. The van der Waals surface area contributed by atoms with E-state index >= 15 is 0 Å². The molecule has 4 rings (SSSR count). The first-order valence-electron chi connectivity index (χ1n) is 10.1. The summed E-state index contributed by atoms with van der Waals surface area (Å²) in [4.78, 5) is 16.9. The quantitative estimate of drug-likeness (QED) is 0.540. The van der Waals surface area contributed by atoms with E-state index in [0.29, 0.717) is 22.3 Å². The number of hydrogen-bond acceptors (Lipinski definition) is 5. The Kier molecular flexibility index (Phi) is 5.82. The highest BCUT2D eigenvalue weighted by molar-refractivity contribution is 5.99. The molecule has 0 spiro atoms. The van der Waals surface area contributed by atoms with Crippen LogP contribution in [0.15, 0.2) is 54.7 Å². The number of esters is 1. The summed E-state index contributed by atoms with van der Waals surface area (Å²) < 4.78 is 44.7. The molecule has 2 aromatic carbocycles. The number of aromatic nitrogens is 1. The molecule has 162 valence electrons. The monoisotopic (exact) mass is 429 g/mol. The van der Waals surface area contributed by atoms with Gasteiger partial charge in [0, 0.05) is 23.3 Å². The van der Waals surface area contributed by atoms with Crippen molar-refractivity contribution in [2.75, 3.05) is 11.9 Å². The van der Waals surface area contributed by atoms with Crippen molar-refractivity contribution in [3.05, 3.63) is 65.9 Å². The van der Waals surface area contributed by atoms with Gasteiger partial charge in [-0.2, -0.15) is 13.2 Å². The van der Waals surface area contributed by atoms with Crippen molar-refractivity contribution in [3.8, 4) is 0 Å². The van der Waals surface area contributed by atoms with Gasteiger partial charge in [-0.05, 0) is 56.6 Å². The molecule has 31 heavy (non-hydrogen) atoms. The number of nitrogens with one attached hydrogen (secondary N) is 2. The molecule has 0 aliphatic carbocycles. The van der Waals surface area contributed by atoms with Gasteiger partial charge in [0.1, 0.15) is 6.10 Å². The minimum absolute atomic E-state index is 0.135. The number of pyridine rings is 1. The second kappa shape index (κ2) is 8.55. The van der Waals surface area contributed by atoms with Crippen molar-refractivity contribution in [1.82, 2.24) is 10.3 Å². The summed E-state index contributed by atoms with van der Waals surface area (Å²) in [5.74, 6) is -0.456. The molecule has 0 amide bonds. The Balaban J connectivity index is 1.60. The molecule has 1 fully saturated rings. The molecule has 2 unspecified atom stereocenters. The van der Waals surface area contributed by atoms with Crippen LogP contribution in [0.2, 0.25) is 0 Å². The first-order chi connectivity index (χ1) is 14.8. The van der Waals surface area contributed by atoms with Crippen molar-refractivity contribution in [2.45, 2.75) is 38.1 Å². The molecule has 0 saturated carbocycles. The molecule has 0 bridgehead atoms. The number of ether oxygens (including phenoxy) is 1. The highest BCUT2D eigenvalue weighted by Crippen LogP contribution is 2.33. The molecule has 0 radical (unpaired) electrons. The average Bonchev–Trinajstić information content (AvgIpc) is 3.28. The zero-order valence-electron chi connectivity index (χ0n) is 16.9. The number of carbonyl (C=O) groups excluding carboxylic acids is 1. The Morgan fingerprint density at radius 3 is 2.74 bits per heavy atom. The molecule has 3 aromatic rings. The molecule has 5 nitrogen and oxygen atoms in total. The normalized spacial score (nSPS) is 17.5. The SMILES string of the molecule is CC(OC(=O)c1ccccc1Nc1ccnc2cc(C(F)(F)F)ccc12)C1CCCN1. The lowest BCUT2D eigenvalue weighted by Gasteiger charge is -2.21. The van der Waals surface area contributed by atoms with E-state index in [-0.39, 0.29) is 17.7 Å². The molecule has 2 N–H and O–H groups in total. The summed E-state index contributed by atoms with van der Waals surface area (Å²) in [7, 11) is 0. The number of halogens is 3. The molecule has 8 heteroatoms. The van der Waals surface area contributed by atoms with Gasteiger partial charge in [-0.3, -0.25) is 4.98 Å². The van der Waals surface area contributed by atoms with Gasteiger partial charge >= 0.3 is 12.1 Å². The topological polar surface area (TPSA) is 63.2 Å². The maximum Gasteiger partial charge on any atom is 0.416 e. The smallest absolute Gasteiger partial charge is 0.416 e. The Hall–Kier alpha value is -3.13. The van der Waals surface area contributed by atoms with E-state index in [0.717, 1.165) is 31.5 Å². The fraction of sp³-hybridized carbons (Fsp3) is 0.304. The van der Waals surface area contributed by atoms with Crippen LogP contribution >= 0.6 is 0 Å². The standard InChI is InChI=1S/C23H22F3N3O2/c1-14(18-7-4-11-27-18)31-22(30)17-5-2-3-6-19(17)29-20-10-12-28-21-13-15(23(24,25)26)8-9-16(20)21/h2-3,5-6,8-10,12-14,18,27H,4,7,11H2,1H3,(H,28,29). The number of nitrogens with zero attached hydrogens (tertiary/aromatic N) is 1. The van der Waals surface area contributed by atoms with Crippen molar-refractivity contribution < 1.29 is 22.7 Å². The molecule has 2 atom stereocenters. The van der Waals surface area contributed by atoms with Gasteiger partial charge in [0.2, 0.25) is 0 Å². The van der Waals surface area contributed by atoms with Crippen LogP contribution in [0.3, 0.4) is 0 Å². The van der Waals surface area contributed by atoms with Crippen LogP contribution in [0.5, 0.6) is 0 Å². The van der Waals surface area contributed by atoms with E-state index in [2.05, 4.69) is 15.6 Å². The predicted molar refractivity (Wildman–Crippen MR) is 112 cm³/mol. The van der Waals surface area contributed by atoms with Gasteiger partial charge in [-0.25, -0.2) is 4.79 Å². The van der Waals surface area contributed by atoms with Crippen LogP contribution in [0.25, 0.3) is 10.9 Å². The van der Waals surface area contributed by atoms with E-state index < -0.39 is 17.7 Å². The predicted octanol–water partition coefficient (Wildman–Crippen LogP) is 5.29. The number of carbonyl (C=O) groups is 1. The molecule has 2 heterocycles. The molecular weight excluding hydrogens is 407 g/mol. The maximum atomic E-state index is 13.0. The highest BCUT2D eigenvalue weighted by atomic mass is 19.4. The van der Waals surface area contributed by atoms with Crippen LogP contribution in [-0.4, -0.2) is 29.6 Å². The van der Waals surface area contributed by atoms with Crippen LogP contribution in [0.4, 0.5) is 24.5 Å². The summed E-state index contributed by atoms with van der Waals surface area (Å²) >= 11 is 0. The lowest BCUT2D eigenvalue weighted by molar-refractivity contribution is -0.137. The number of alkyl halides is 3. The summed E-state index contributed by atoms with van der Waals surface area (Å²) in [6.45, 7) is 2.78. The zero-order valence-corrected chi connectivity index (χ0v) is 16.9. The Labute approximate surface area is 177 Å². The molecule has 1 aliphatic rings. The lowest BCUT2D eigenvalue weighted by atomic mass is 10.1. The fourth-order valence-electron chi connectivity index (χ4n) is 3.78. The second-order valence-electron chi connectivity index (χ2n) is 7.57. The van der Waals surface area contributed by atoms with E-state index in [9.17, 15) is 18.0 Å². The van der Waals surface area contributed by atoms with E-state index in [4.69, 9.17) is 4.74 Å². The first-order valence-corrected chi connectivity index (χ1v) is 10.1. The third kappa shape index (κ3) is 4.64. The van der Waals surface area contributed by atoms with Gasteiger partial charge in [0.25, 0.3) is 0 Å². The third-order valence-electron chi connectivity index (χ3n) is 5.44. The minimum Gasteiger partial charge on any atom is -0.457 e. The van der Waals surface area contributed by atoms with Gasteiger partial charge < -0.3 is 15.4 Å². The fourth-order valence-corrected chi connectivity index (χ4v) is 3.78. The third-order valence-corrected chi connectivity index (χ3v) is 5.44. The number of benzene rings is 2. The van der Waals surface area contributed by atoms with Crippen LogP contribution in [0.1, 0.15) is 35.7 Å². The summed E-state index contributed by atoms with van der Waals surface area (Å²) in [6.07, 6.45) is -1.28. The summed E-state index contributed by atoms with van der Waals surface area (Å²) in [5, 5.41) is 7.00. The first kappa shape index (κ1) is 21.1. The molecule has 1 saturated heterocycles. The largest absolute Gasteiger partial charge is 0.457 e. The highest BCUT2D eigenvalue weighted by Gasteiger charge is 2.31. The van der Waals surface area contributed by atoms with Crippen molar-refractivity contribution in [2.24, 2.45) is 0 Å². The molecule has 1 aliphatic heterocycles. The molecule has 1 aromatic heterocycles. The zero-order chi connectivity index (χ0) is 22.0. The summed E-state index contributed by atoms with van der Waals surface area (Å²) in [5.41, 5.74) is 0.851.